The quantitative estimate of drug-likeness (QED) is 0.430. The van der Waals surface area contributed by atoms with Gasteiger partial charge in [-0.3, -0.25) is 0 Å². The highest BCUT2D eigenvalue weighted by atomic mass is 16.5. The van der Waals surface area contributed by atoms with Gasteiger partial charge in [0.15, 0.2) is 11.5 Å². The van der Waals surface area contributed by atoms with Gasteiger partial charge in [0.25, 0.3) is 0 Å². The lowest BCUT2D eigenvalue weighted by atomic mass is 10.1. The predicted octanol–water partition coefficient (Wildman–Crippen LogP) is 4.80. The minimum atomic E-state index is -0.0288. The van der Waals surface area contributed by atoms with Crippen molar-refractivity contribution in [3.63, 3.8) is 0 Å². The Morgan fingerprint density at radius 1 is 0.857 bits per heavy atom. The molecular formula is C18H30O3. The Balaban J connectivity index is 1.94. The highest BCUT2D eigenvalue weighted by Crippen LogP contribution is 2.29. The van der Waals surface area contributed by atoms with Crippen LogP contribution >= 0.6 is 0 Å². The Morgan fingerprint density at radius 2 is 1.52 bits per heavy atom. The van der Waals surface area contributed by atoms with Crippen LogP contribution in [0.2, 0.25) is 0 Å². The van der Waals surface area contributed by atoms with E-state index in [1.54, 1.807) is 6.07 Å². The molecule has 3 nitrogen and oxygen atoms in total. The number of aromatic hydroxyl groups is 2. The van der Waals surface area contributed by atoms with Crippen molar-refractivity contribution < 1.29 is 14.9 Å². The highest BCUT2D eigenvalue weighted by molar-refractivity contribution is 5.44. The highest BCUT2D eigenvalue weighted by Gasteiger charge is 2.04. The molecule has 0 atom stereocenters. The number of rotatable bonds is 12. The van der Waals surface area contributed by atoms with E-state index in [1.807, 2.05) is 6.07 Å². The maximum absolute atomic E-state index is 9.68. The number of benzene rings is 1. The number of hydrogen-bond donors (Lipinski definition) is 2. The van der Waals surface area contributed by atoms with Crippen LogP contribution in [0.1, 0.15) is 63.9 Å². The molecule has 0 aromatic heterocycles. The Morgan fingerprint density at radius 3 is 2.24 bits per heavy atom. The lowest BCUT2D eigenvalue weighted by Crippen LogP contribution is -1.97. The molecule has 0 aliphatic heterocycles. The number of ether oxygens (including phenoxy) is 1. The van der Waals surface area contributed by atoms with Gasteiger partial charge < -0.3 is 14.9 Å². The summed E-state index contributed by atoms with van der Waals surface area (Å²) in [6.45, 7) is 3.95. The molecule has 0 spiro atoms. The van der Waals surface area contributed by atoms with E-state index in [4.69, 9.17) is 4.74 Å². The van der Waals surface area contributed by atoms with Gasteiger partial charge in [0.2, 0.25) is 0 Å². The predicted molar refractivity (Wildman–Crippen MR) is 86.9 cm³/mol. The molecule has 3 heteroatoms. The number of aryl methyl sites for hydroxylation is 1. The Hall–Kier alpha value is -1.22. The molecule has 0 bridgehead atoms. The fourth-order valence-corrected chi connectivity index (χ4v) is 2.39. The average Bonchev–Trinajstić information content (AvgIpc) is 2.49. The first kappa shape index (κ1) is 17.8. The van der Waals surface area contributed by atoms with Crippen LogP contribution in [0.4, 0.5) is 0 Å². The topological polar surface area (TPSA) is 49.7 Å². The normalized spacial score (nSPS) is 10.9. The molecule has 0 aliphatic rings. The molecule has 2 N–H and O–H groups in total. The van der Waals surface area contributed by atoms with E-state index >= 15 is 0 Å². The second-order valence-electron chi connectivity index (χ2n) is 5.62. The molecule has 120 valence electrons. The Labute approximate surface area is 129 Å². The molecular weight excluding hydrogens is 264 g/mol. The molecule has 0 fully saturated rings. The number of hydrogen-bond acceptors (Lipinski definition) is 3. The van der Waals surface area contributed by atoms with E-state index in [-0.39, 0.29) is 11.5 Å². The van der Waals surface area contributed by atoms with E-state index in [0.29, 0.717) is 0 Å². The molecule has 0 heterocycles. The number of para-hydroxylation sites is 1. The molecule has 21 heavy (non-hydrogen) atoms. The second kappa shape index (κ2) is 11.4. The van der Waals surface area contributed by atoms with Gasteiger partial charge in [-0.2, -0.15) is 0 Å². The maximum Gasteiger partial charge on any atom is 0.160 e. The minimum Gasteiger partial charge on any atom is -0.504 e. The third-order valence-electron chi connectivity index (χ3n) is 3.73. The Bertz CT molecular complexity index is 377. The van der Waals surface area contributed by atoms with E-state index in [9.17, 15) is 10.2 Å². The molecule has 0 amide bonds. The fourth-order valence-electron chi connectivity index (χ4n) is 2.39. The van der Waals surface area contributed by atoms with Gasteiger partial charge in [0.05, 0.1) is 0 Å². The van der Waals surface area contributed by atoms with Crippen molar-refractivity contribution >= 4 is 0 Å². The summed E-state index contributed by atoms with van der Waals surface area (Å²) in [5, 5.41) is 19.1. The molecule has 0 saturated heterocycles. The molecule has 1 aromatic rings. The molecule has 0 radical (unpaired) electrons. The summed E-state index contributed by atoms with van der Waals surface area (Å²) in [5.41, 5.74) is 0.826. The molecule has 1 rings (SSSR count). The number of phenols is 2. The SMILES string of the molecule is CCCCCCCOCCCCCc1cccc(O)c1O. The first-order chi connectivity index (χ1) is 10.3. The summed E-state index contributed by atoms with van der Waals surface area (Å²) >= 11 is 0. The Kier molecular flexibility index (Phi) is 9.71. The van der Waals surface area contributed by atoms with Crippen LogP contribution in [0.25, 0.3) is 0 Å². The first-order valence-electron chi connectivity index (χ1n) is 8.33. The van der Waals surface area contributed by atoms with Crippen LogP contribution in [0.5, 0.6) is 11.5 Å². The maximum atomic E-state index is 9.68. The van der Waals surface area contributed by atoms with Crippen LogP contribution in [0.3, 0.4) is 0 Å². The van der Waals surface area contributed by atoms with Gasteiger partial charge in [0, 0.05) is 13.2 Å². The zero-order chi connectivity index (χ0) is 15.3. The monoisotopic (exact) mass is 294 g/mol. The summed E-state index contributed by atoms with van der Waals surface area (Å²) in [6, 6.07) is 5.14. The third kappa shape index (κ3) is 7.96. The van der Waals surface area contributed by atoms with Crippen LogP contribution < -0.4 is 0 Å². The van der Waals surface area contributed by atoms with Crippen molar-refractivity contribution in [1.82, 2.24) is 0 Å². The summed E-state index contributed by atoms with van der Waals surface area (Å²) in [4.78, 5) is 0. The van der Waals surface area contributed by atoms with Gasteiger partial charge in [-0.1, -0.05) is 51.2 Å². The van der Waals surface area contributed by atoms with Crippen molar-refractivity contribution in [2.75, 3.05) is 13.2 Å². The van der Waals surface area contributed by atoms with Gasteiger partial charge in [-0.05, 0) is 37.3 Å². The van der Waals surface area contributed by atoms with Crippen LogP contribution in [0.15, 0.2) is 18.2 Å². The largest absolute Gasteiger partial charge is 0.504 e. The smallest absolute Gasteiger partial charge is 0.160 e. The van der Waals surface area contributed by atoms with Crippen LogP contribution in [-0.4, -0.2) is 23.4 Å². The second-order valence-corrected chi connectivity index (χ2v) is 5.62. The van der Waals surface area contributed by atoms with Gasteiger partial charge in [-0.15, -0.1) is 0 Å². The average molecular weight is 294 g/mol. The van der Waals surface area contributed by atoms with Crippen LogP contribution in [0, 0.1) is 0 Å². The summed E-state index contributed by atoms with van der Waals surface area (Å²) < 4.78 is 5.62. The summed E-state index contributed by atoms with van der Waals surface area (Å²) in [5.74, 6) is -0.000245. The minimum absolute atomic E-state index is 0.0285. The van der Waals surface area contributed by atoms with Crippen LogP contribution in [-0.2, 0) is 11.2 Å². The van der Waals surface area contributed by atoms with E-state index in [1.165, 1.54) is 38.2 Å². The van der Waals surface area contributed by atoms with Crippen molar-refractivity contribution in [3.05, 3.63) is 23.8 Å². The molecule has 0 saturated carbocycles. The van der Waals surface area contributed by atoms with E-state index in [0.717, 1.165) is 44.5 Å². The van der Waals surface area contributed by atoms with Crippen molar-refractivity contribution in [1.29, 1.82) is 0 Å². The first-order valence-corrected chi connectivity index (χ1v) is 8.33. The lowest BCUT2D eigenvalue weighted by Gasteiger charge is -2.06. The van der Waals surface area contributed by atoms with E-state index < -0.39 is 0 Å². The fraction of sp³-hybridized carbons (Fsp3) is 0.667. The molecule has 1 aromatic carbocycles. The zero-order valence-corrected chi connectivity index (χ0v) is 13.3. The summed E-state index contributed by atoms with van der Waals surface area (Å²) in [6.07, 6.45) is 10.4. The van der Waals surface area contributed by atoms with Crippen molar-refractivity contribution in [2.45, 2.75) is 64.7 Å². The summed E-state index contributed by atoms with van der Waals surface area (Å²) in [7, 11) is 0. The van der Waals surface area contributed by atoms with Gasteiger partial charge >= 0.3 is 0 Å². The zero-order valence-electron chi connectivity index (χ0n) is 13.3. The standard InChI is InChI=1S/C18H30O3/c1-2-3-4-5-8-14-21-15-9-6-7-11-16-12-10-13-17(19)18(16)20/h10,12-13,19-20H,2-9,11,14-15H2,1H3. The van der Waals surface area contributed by atoms with Gasteiger partial charge in [-0.25, -0.2) is 0 Å². The van der Waals surface area contributed by atoms with E-state index in [2.05, 4.69) is 6.92 Å². The third-order valence-corrected chi connectivity index (χ3v) is 3.73. The lowest BCUT2D eigenvalue weighted by molar-refractivity contribution is 0.126. The van der Waals surface area contributed by atoms with Crippen molar-refractivity contribution in [3.8, 4) is 11.5 Å². The number of unbranched alkanes of at least 4 members (excludes halogenated alkanes) is 6. The number of phenolic OH excluding ortho intramolecular Hbond substituents is 2. The van der Waals surface area contributed by atoms with Gasteiger partial charge in [0.1, 0.15) is 0 Å². The van der Waals surface area contributed by atoms with Crippen molar-refractivity contribution in [2.24, 2.45) is 0 Å². The molecule has 0 aliphatic carbocycles. The molecule has 0 unspecified atom stereocenters.